The molecule has 132 valence electrons. The van der Waals surface area contributed by atoms with E-state index in [1.165, 1.54) is 18.2 Å². The number of halogens is 2. The average molecular weight is 406 g/mol. The van der Waals surface area contributed by atoms with Crippen molar-refractivity contribution in [2.24, 2.45) is 5.10 Å². The SMILES string of the molecule is O=C(CNC(=O)c1ccc(Cl)c(Cl)c1)N/N=C/c1csc2ccccc12. The predicted octanol–water partition coefficient (Wildman–Crippen LogP) is 4.09. The number of amides is 2. The first-order valence-corrected chi connectivity index (χ1v) is 9.19. The van der Waals surface area contributed by atoms with Crippen LogP contribution in [0.2, 0.25) is 10.0 Å². The Hall–Kier alpha value is -2.41. The first-order chi connectivity index (χ1) is 12.5. The molecule has 3 aromatic rings. The molecule has 0 atom stereocenters. The van der Waals surface area contributed by atoms with Crippen LogP contribution in [0.1, 0.15) is 15.9 Å². The Balaban J connectivity index is 1.52. The number of thiophene rings is 1. The van der Waals surface area contributed by atoms with Gasteiger partial charge in [-0.15, -0.1) is 11.3 Å². The summed E-state index contributed by atoms with van der Waals surface area (Å²) in [5.74, 6) is -0.860. The summed E-state index contributed by atoms with van der Waals surface area (Å²) in [6.07, 6.45) is 1.58. The molecule has 3 rings (SSSR count). The van der Waals surface area contributed by atoms with Crippen LogP contribution in [0.5, 0.6) is 0 Å². The number of carbonyl (C=O) groups is 2. The largest absolute Gasteiger partial charge is 0.343 e. The molecule has 0 aliphatic carbocycles. The van der Waals surface area contributed by atoms with Crippen molar-refractivity contribution in [3.8, 4) is 0 Å². The number of carbonyl (C=O) groups excluding carboxylic acids is 2. The van der Waals surface area contributed by atoms with E-state index in [9.17, 15) is 9.59 Å². The molecule has 0 bridgehead atoms. The summed E-state index contributed by atoms with van der Waals surface area (Å²) in [5.41, 5.74) is 3.63. The van der Waals surface area contributed by atoms with Crippen LogP contribution in [-0.2, 0) is 4.79 Å². The number of hydrogen-bond donors (Lipinski definition) is 2. The van der Waals surface area contributed by atoms with Crippen molar-refractivity contribution in [3.05, 3.63) is 69.0 Å². The van der Waals surface area contributed by atoms with Crippen LogP contribution in [0.15, 0.2) is 52.9 Å². The van der Waals surface area contributed by atoms with E-state index >= 15 is 0 Å². The molecule has 1 heterocycles. The van der Waals surface area contributed by atoms with E-state index < -0.39 is 11.8 Å². The van der Waals surface area contributed by atoms with E-state index in [4.69, 9.17) is 23.2 Å². The fraction of sp³-hybridized carbons (Fsp3) is 0.0556. The summed E-state index contributed by atoms with van der Waals surface area (Å²) in [6, 6.07) is 12.4. The molecule has 26 heavy (non-hydrogen) atoms. The maximum Gasteiger partial charge on any atom is 0.259 e. The van der Waals surface area contributed by atoms with Crippen molar-refractivity contribution in [3.63, 3.8) is 0 Å². The van der Waals surface area contributed by atoms with Crippen LogP contribution in [0.25, 0.3) is 10.1 Å². The molecule has 0 aliphatic heterocycles. The molecule has 8 heteroatoms. The summed E-state index contributed by atoms with van der Waals surface area (Å²) in [4.78, 5) is 23.8. The zero-order chi connectivity index (χ0) is 18.5. The third kappa shape index (κ3) is 4.40. The van der Waals surface area contributed by atoms with E-state index in [2.05, 4.69) is 15.8 Å². The molecule has 0 saturated heterocycles. The van der Waals surface area contributed by atoms with Gasteiger partial charge < -0.3 is 5.32 Å². The fourth-order valence-electron chi connectivity index (χ4n) is 2.21. The van der Waals surface area contributed by atoms with Crippen LogP contribution in [-0.4, -0.2) is 24.6 Å². The first-order valence-electron chi connectivity index (χ1n) is 7.56. The minimum absolute atomic E-state index is 0.208. The van der Waals surface area contributed by atoms with Gasteiger partial charge in [-0.25, -0.2) is 5.43 Å². The van der Waals surface area contributed by atoms with E-state index in [1.807, 2.05) is 29.6 Å². The number of fused-ring (bicyclic) bond motifs is 1. The van der Waals surface area contributed by atoms with Gasteiger partial charge in [0.25, 0.3) is 11.8 Å². The normalized spacial score (nSPS) is 11.0. The third-order valence-corrected chi connectivity index (χ3v) is 5.22. The maximum atomic E-state index is 12.0. The Bertz CT molecular complexity index is 1000. The molecule has 5 nitrogen and oxygen atoms in total. The van der Waals surface area contributed by atoms with Gasteiger partial charge in [0.1, 0.15) is 0 Å². The lowest BCUT2D eigenvalue weighted by Gasteiger charge is -2.05. The second-order valence-electron chi connectivity index (χ2n) is 5.29. The van der Waals surface area contributed by atoms with Gasteiger partial charge in [-0.3, -0.25) is 9.59 Å². The topological polar surface area (TPSA) is 70.6 Å². The summed E-state index contributed by atoms with van der Waals surface area (Å²) >= 11 is 13.3. The van der Waals surface area contributed by atoms with Gasteiger partial charge in [0.15, 0.2) is 0 Å². The molecular formula is C18H13Cl2N3O2S. The molecule has 0 unspecified atom stereocenters. The lowest BCUT2D eigenvalue weighted by Crippen LogP contribution is -2.34. The summed E-state index contributed by atoms with van der Waals surface area (Å²) in [7, 11) is 0. The summed E-state index contributed by atoms with van der Waals surface area (Å²) in [6.45, 7) is -0.208. The summed E-state index contributed by atoms with van der Waals surface area (Å²) in [5, 5.41) is 10.1. The lowest BCUT2D eigenvalue weighted by atomic mass is 10.2. The molecule has 0 spiro atoms. The van der Waals surface area contributed by atoms with Gasteiger partial charge in [0.05, 0.1) is 22.8 Å². The van der Waals surface area contributed by atoms with E-state index in [0.29, 0.717) is 10.6 Å². The predicted molar refractivity (Wildman–Crippen MR) is 106 cm³/mol. The van der Waals surface area contributed by atoms with Crippen LogP contribution in [0.3, 0.4) is 0 Å². The Morgan fingerprint density at radius 3 is 2.73 bits per heavy atom. The van der Waals surface area contributed by atoms with Gasteiger partial charge >= 0.3 is 0 Å². The van der Waals surface area contributed by atoms with Gasteiger partial charge in [-0.05, 0) is 24.3 Å². The molecular weight excluding hydrogens is 393 g/mol. The highest BCUT2D eigenvalue weighted by molar-refractivity contribution is 7.17. The number of nitrogens with zero attached hydrogens (tertiary/aromatic N) is 1. The average Bonchev–Trinajstić information content (AvgIpc) is 3.05. The molecule has 0 fully saturated rings. The van der Waals surface area contributed by atoms with Crippen LogP contribution >= 0.6 is 34.5 Å². The van der Waals surface area contributed by atoms with E-state index in [0.717, 1.165) is 15.6 Å². The van der Waals surface area contributed by atoms with Crippen LogP contribution in [0, 0.1) is 0 Å². The Kier molecular flexibility index (Phi) is 5.88. The zero-order valence-corrected chi connectivity index (χ0v) is 15.7. The molecule has 2 aromatic carbocycles. The van der Waals surface area contributed by atoms with Crippen molar-refractivity contribution in [1.29, 1.82) is 0 Å². The number of nitrogens with one attached hydrogen (secondary N) is 2. The molecule has 1 aromatic heterocycles. The molecule has 2 N–H and O–H groups in total. The molecule has 0 saturated carbocycles. The van der Waals surface area contributed by atoms with Gasteiger partial charge in [0.2, 0.25) is 0 Å². The van der Waals surface area contributed by atoms with E-state index in [1.54, 1.807) is 17.6 Å². The standard InChI is InChI=1S/C18H13Cl2N3O2S/c19-14-6-5-11(7-15(14)20)18(25)21-9-17(24)23-22-8-12-10-26-16-4-2-1-3-13(12)16/h1-8,10H,9H2,(H,21,25)(H,23,24)/b22-8+. The van der Waals surface area contributed by atoms with Crippen molar-refractivity contribution in [1.82, 2.24) is 10.7 Å². The Labute approximate surface area is 163 Å². The lowest BCUT2D eigenvalue weighted by molar-refractivity contribution is -0.120. The second kappa shape index (κ2) is 8.31. The smallest absolute Gasteiger partial charge is 0.259 e. The summed E-state index contributed by atoms with van der Waals surface area (Å²) < 4.78 is 1.15. The number of benzene rings is 2. The minimum Gasteiger partial charge on any atom is -0.343 e. The quantitative estimate of drug-likeness (QED) is 0.495. The molecule has 0 radical (unpaired) electrons. The first kappa shape index (κ1) is 18.4. The minimum atomic E-state index is -0.436. The van der Waals surface area contributed by atoms with Gasteiger partial charge in [-0.2, -0.15) is 5.10 Å². The van der Waals surface area contributed by atoms with Crippen molar-refractivity contribution >= 4 is 62.7 Å². The molecule has 2 amide bonds. The number of hydrogen-bond acceptors (Lipinski definition) is 4. The maximum absolute atomic E-state index is 12.0. The Morgan fingerprint density at radius 2 is 1.92 bits per heavy atom. The third-order valence-electron chi connectivity index (χ3n) is 3.50. The van der Waals surface area contributed by atoms with Crippen LogP contribution in [0.4, 0.5) is 0 Å². The zero-order valence-electron chi connectivity index (χ0n) is 13.3. The fourth-order valence-corrected chi connectivity index (χ4v) is 3.42. The number of hydrazone groups is 1. The number of rotatable bonds is 5. The van der Waals surface area contributed by atoms with Gasteiger partial charge in [0, 0.05) is 26.6 Å². The van der Waals surface area contributed by atoms with E-state index in [-0.39, 0.29) is 11.6 Å². The van der Waals surface area contributed by atoms with Crippen molar-refractivity contribution in [2.75, 3.05) is 6.54 Å². The highest BCUT2D eigenvalue weighted by Gasteiger charge is 2.09. The van der Waals surface area contributed by atoms with Crippen molar-refractivity contribution in [2.45, 2.75) is 0 Å². The Morgan fingerprint density at radius 1 is 1.12 bits per heavy atom. The second-order valence-corrected chi connectivity index (χ2v) is 7.02. The monoisotopic (exact) mass is 405 g/mol. The van der Waals surface area contributed by atoms with Crippen molar-refractivity contribution < 1.29 is 9.59 Å². The molecule has 0 aliphatic rings. The van der Waals surface area contributed by atoms with Gasteiger partial charge in [-0.1, -0.05) is 41.4 Å². The highest BCUT2D eigenvalue weighted by Crippen LogP contribution is 2.24. The van der Waals surface area contributed by atoms with Crippen LogP contribution < -0.4 is 10.7 Å². The highest BCUT2D eigenvalue weighted by atomic mass is 35.5.